The van der Waals surface area contributed by atoms with Gasteiger partial charge in [-0.05, 0) is 0 Å². The van der Waals surface area contributed by atoms with Crippen molar-refractivity contribution in [2.75, 3.05) is 37.0 Å². The summed E-state index contributed by atoms with van der Waals surface area (Å²) in [6.07, 6.45) is 0. The van der Waals surface area contributed by atoms with Crippen molar-refractivity contribution in [3.8, 4) is 0 Å². The zero-order valence-electron chi connectivity index (χ0n) is 8.29. The molecular formula is C6H17NO6S2. The standard InChI is InChI=1S/C6H17NO6S2/c7-1-4-14(5-2-8,6-3-9)13-15(10,11)12/h8-9H,1-7H2,(H,10,11,12). The molecule has 0 aromatic rings. The van der Waals surface area contributed by atoms with Crippen molar-refractivity contribution in [3.63, 3.8) is 0 Å². The van der Waals surface area contributed by atoms with Crippen molar-refractivity contribution in [2.24, 2.45) is 0 Å². The second-order valence-electron chi connectivity index (χ2n) is 2.86. The third-order valence-corrected chi connectivity index (χ3v) is 6.38. The van der Waals surface area contributed by atoms with Gasteiger partial charge in [-0.25, -0.2) is 12.0 Å². The molecule has 94 valence electrons. The van der Waals surface area contributed by atoms with Gasteiger partial charge in [0.05, 0.1) is 19.8 Å². The van der Waals surface area contributed by atoms with Crippen LogP contribution in [0.4, 0.5) is 0 Å². The van der Waals surface area contributed by atoms with Crippen LogP contribution < -0.4 is 5.73 Å². The third kappa shape index (κ3) is 6.30. The fourth-order valence-corrected chi connectivity index (χ4v) is 5.22. The van der Waals surface area contributed by atoms with E-state index in [0.29, 0.717) is 6.54 Å². The topological polar surface area (TPSA) is 135 Å². The highest BCUT2D eigenvalue weighted by Crippen LogP contribution is 2.48. The molecule has 0 amide bonds. The molecule has 0 heterocycles. The summed E-state index contributed by atoms with van der Waals surface area (Å²) in [5.74, 6) is 0.394. The Bertz CT molecular complexity index is 250. The summed E-state index contributed by atoms with van der Waals surface area (Å²) in [5.41, 5.74) is 3.55. The molecule has 0 atom stereocenters. The van der Waals surface area contributed by atoms with Crippen molar-refractivity contribution < 1.29 is 32.5 Å². The Morgan fingerprint density at radius 2 is 1.60 bits per heavy atom. The normalized spacial score (nSPS) is 14.1. The van der Waals surface area contributed by atoms with E-state index in [1.54, 1.807) is 0 Å². The van der Waals surface area contributed by atoms with Crippen LogP contribution in [0, 0.1) is 0 Å². The Morgan fingerprint density at radius 3 is 1.87 bits per heavy atom. The number of aliphatic hydroxyl groups is 2. The SMILES string of the molecule is [NH3+]CCS(CCO)(CCO)OS(=O)(=O)[O-]. The summed E-state index contributed by atoms with van der Waals surface area (Å²) < 4.78 is 36.1. The molecule has 0 aromatic carbocycles. The van der Waals surface area contributed by atoms with Crippen molar-refractivity contribution in [1.29, 1.82) is 0 Å². The van der Waals surface area contributed by atoms with Gasteiger partial charge in [0.25, 0.3) is 0 Å². The van der Waals surface area contributed by atoms with E-state index in [1.807, 2.05) is 0 Å². The minimum absolute atomic E-state index is 0.0601. The quantitative estimate of drug-likeness (QED) is 0.325. The number of quaternary nitrogens is 1. The molecule has 0 aliphatic rings. The average molecular weight is 263 g/mol. The van der Waals surface area contributed by atoms with Gasteiger partial charge in [0, 0.05) is 17.3 Å². The lowest BCUT2D eigenvalue weighted by Crippen LogP contribution is -2.53. The number of hydrogen-bond donors (Lipinski definition) is 3. The lowest BCUT2D eigenvalue weighted by atomic mass is 10.8. The predicted molar refractivity (Wildman–Crippen MR) is 54.9 cm³/mol. The average Bonchev–Trinajstić information content (AvgIpc) is 2.01. The van der Waals surface area contributed by atoms with Crippen LogP contribution >= 0.6 is 10.3 Å². The van der Waals surface area contributed by atoms with Gasteiger partial charge in [-0.1, -0.05) is 0 Å². The Labute approximate surface area is 90.7 Å². The van der Waals surface area contributed by atoms with E-state index < -0.39 is 20.7 Å². The molecule has 0 saturated heterocycles. The van der Waals surface area contributed by atoms with Gasteiger partial charge in [-0.2, -0.15) is 0 Å². The molecule has 5 N–H and O–H groups in total. The molecule has 9 heteroatoms. The van der Waals surface area contributed by atoms with Gasteiger partial charge >= 0.3 is 0 Å². The minimum Gasteiger partial charge on any atom is -0.725 e. The van der Waals surface area contributed by atoms with Crippen LogP contribution in [0.25, 0.3) is 0 Å². The molecule has 0 aliphatic carbocycles. The molecule has 0 unspecified atom stereocenters. The molecule has 15 heavy (non-hydrogen) atoms. The highest BCUT2D eigenvalue weighted by Gasteiger charge is 2.27. The van der Waals surface area contributed by atoms with Crippen LogP contribution in [0.5, 0.6) is 0 Å². The maximum atomic E-state index is 10.5. The Morgan fingerprint density at radius 1 is 1.13 bits per heavy atom. The fraction of sp³-hybridized carbons (Fsp3) is 1.00. The van der Waals surface area contributed by atoms with Crippen molar-refractivity contribution in [1.82, 2.24) is 0 Å². The van der Waals surface area contributed by atoms with E-state index in [0.717, 1.165) is 0 Å². The highest BCUT2D eigenvalue weighted by atomic mass is 32.3. The number of hydrogen-bond acceptors (Lipinski definition) is 6. The molecular weight excluding hydrogens is 246 g/mol. The molecule has 0 saturated carbocycles. The number of rotatable bonds is 8. The van der Waals surface area contributed by atoms with Crippen LogP contribution in [0.3, 0.4) is 0 Å². The van der Waals surface area contributed by atoms with E-state index in [-0.39, 0.29) is 30.5 Å². The summed E-state index contributed by atoms with van der Waals surface area (Å²) in [7, 11) is -7.08. The number of aliphatic hydroxyl groups excluding tert-OH is 2. The molecule has 0 aromatic heterocycles. The lowest BCUT2D eigenvalue weighted by Gasteiger charge is -2.37. The smallest absolute Gasteiger partial charge is 0.227 e. The van der Waals surface area contributed by atoms with Crippen molar-refractivity contribution in [3.05, 3.63) is 0 Å². The van der Waals surface area contributed by atoms with Gasteiger partial charge in [0.2, 0.25) is 10.4 Å². The van der Waals surface area contributed by atoms with Crippen LogP contribution in [-0.4, -0.2) is 60.2 Å². The summed E-state index contributed by atoms with van der Waals surface area (Å²) in [4.78, 5) is 0. The second-order valence-corrected chi connectivity index (χ2v) is 7.37. The summed E-state index contributed by atoms with van der Waals surface area (Å²) in [5, 5.41) is 17.6. The first-order valence-electron chi connectivity index (χ1n) is 4.33. The Kier molecular flexibility index (Phi) is 6.68. The lowest BCUT2D eigenvalue weighted by molar-refractivity contribution is -0.360. The Hall–Kier alpha value is 0.100. The summed E-state index contributed by atoms with van der Waals surface area (Å²) in [6.45, 7) is -0.194. The van der Waals surface area contributed by atoms with Crippen LogP contribution in [0.2, 0.25) is 0 Å². The molecule has 0 radical (unpaired) electrons. The monoisotopic (exact) mass is 263 g/mol. The second kappa shape index (κ2) is 6.63. The highest BCUT2D eigenvalue weighted by molar-refractivity contribution is 8.32. The van der Waals surface area contributed by atoms with Gasteiger partial charge in [-0.3, -0.25) is 0 Å². The fourth-order valence-electron chi connectivity index (χ4n) is 1.18. The summed E-state index contributed by atoms with van der Waals surface area (Å²) in [6, 6.07) is 0. The molecule has 7 nitrogen and oxygen atoms in total. The first kappa shape index (κ1) is 15.1. The van der Waals surface area contributed by atoms with Crippen molar-refractivity contribution >= 4 is 20.7 Å². The van der Waals surface area contributed by atoms with Gasteiger partial charge in [0.1, 0.15) is 0 Å². The van der Waals surface area contributed by atoms with Crippen molar-refractivity contribution in [2.45, 2.75) is 0 Å². The molecule has 0 bridgehead atoms. The van der Waals surface area contributed by atoms with E-state index in [4.69, 9.17) is 10.2 Å². The zero-order valence-corrected chi connectivity index (χ0v) is 9.93. The van der Waals surface area contributed by atoms with Gasteiger partial charge in [0.15, 0.2) is 0 Å². The first-order valence-corrected chi connectivity index (χ1v) is 7.73. The maximum Gasteiger partial charge on any atom is 0.227 e. The third-order valence-electron chi connectivity index (χ3n) is 1.67. The Balaban J connectivity index is 4.75. The zero-order chi connectivity index (χ0) is 11.9. The van der Waals surface area contributed by atoms with E-state index in [9.17, 15) is 13.0 Å². The molecule has 0 aliphatic heterocycles. The first-order chi connectivity index (χ1) is 6.89. The van der Waals surface area contributed by atoms with E-state index >= 15 is 0 Å². The predicted octanol–water partition coefficient (Wildman–Crippen LogP) is -2.59. The molecule has 0 fully saturated rings. The van der Waals surface area contributed by atoms with Gasteiger partial charge in [-0.15, -0.1) is 10.3 Å². The maximum absolute atomic E-state index is 10.5. The van der Waals surface area contributed by atoms with Crippen LogP contribution in [0.1, 0.15) is 0 Å². The van der Waals surface area contributed by atoms with Crippen LogP contribution in [0.15, 0.2) is 0 Å². The summed E-state index contributed by atoms with van der Waals surface area (Å²) >= 11 is 0. The van der Waals surface area contributed by atoms with Crippen LogP contribution in [-0.2, 0) is 14.0 Å². The largest absolute Gasteiger partial charge is 0.725 e. The van der Waals surface area contributed by atoms with E-state index in [1.165, 1.54) is 0 Å². The molecule has 0 spiro atoms. The molecule has 0 rings (SSSR count). The van der Waals surface area contributed by atoms with Gasteiger partial charge < -0.3 is 20.5 Å². The van der Waals surface area contributed by atoms with E-state index in [2.05, 4.69) is 9.36 Å². The minimum atomic E-state index is -4.81.